The molecule has 1 aliphatic rings. The Balaban J connectivity index is 1.46. The lowest BCUT2D eigenvalue weighted by Crippen LogP contribution is -2.29. The number of hydrogen-bond acceptors (Lipinski definition) is 5. The van der Waals surface area contributed by atoms with Crippen molar-refractivity contribution < 1.29 is 27.4 Å². The molecule has 4 rings (SSSR count). The number of amides is 1. The number of benzene rings is 2. The van der Waals surface area contributed by atoms with E-state index in [2.05, 4.69) is 15.2 Å². The molecule has 0 radical (unpaired) electrons. The molecule has 6 nitrogen and oxygen atoms in total. The standard InChI is InChI=1S/C24H24F3N3O3/c1-32-18-9-10-20-19(13-18)21(14-22(29-20)24(25,26)27)33-15-23(31)28-16-5-7-17(8-6-16)30-11-3-2-4-12-30/h5-10,13-14H,2-4,11-12,15H2,1H3,(H,28,31). The molecule has 174 valence electrons. The fourth-order valence-electron chi connectivity index (χ4n) is 3.81. The molecule has 0 atom stereocenters. The summed E-state index contributed by atoms with van der Waals surface area (Å²) in [7, 11) is 1.45. The van der Waals surface area contributed by atoms with Gasteiger partial charge in [-0.1, -0.05) is 0 Å². The molecule has 2 aromatic carbocycles. The summed E-state index contributed by atoms with van der Waals surface area (Å²) in [5, 5.41) is 3.03. The van der Waals surface area contributed by atoms with Crippen LogP contribution < -0.4 is 19.7 Å². The van der Waals surface area contributed by atoms with Gasteiger partial charge >= 0.3 is 6.18 Å². The van der Waals surface area contributed by atoms with E-state index in [0.29, 0.717) is 16.8 Å². The van der Waals surface area contributed by atoms with Crippen LogP contribution in [0.25, 0.3) is 10.9 Å². The first kappa shape index (κ1) is 22.7. The summed E-state index contributed by atoms with van der Waals surface area (Å²) in [6.07, 6.45) is -1.07. The van der Waals surface area contributed by atoms with Gasteiger partial charge in [0.1, 0.15) is 17.2 Å². The average molecular weight is 459 g/mol. The molecule has 1 aliphatic heterocycles. The van der Waals surface area contributed by atoms with E-state index in [-0.39, 0.29) is 11.3 Å². The van der Waals surface area contributed by atoms with E-state index in [1.165, 1.54) is 44.6 Å². The van der Waals surface area contributed by atoms with Gasteiger partial charge < -0.3 is 19.7 Å². The Kier molecular flexibility index (Phi) is 6.57. The lowest BCUT2D eigenvalue weighted by atomic mass is 10.1. The van der Waals surface area contributed by atoms with Crippen LogP contribution in [0.2, 0.25) is 0 Å². The number of rotatable bonds is 6. The maximum absolute atomic E-state index is 13.3. The van der Waals surface area contributed by atoms with Crippen LogP contribution in [0.3, 0.4) is 0 Å². The van der Waals surface area contributed by atoms with Crippen molar-refractivity contribution in [1.82, 2.24) is 4.98 Å². The molecule has 0 unspecified atom stereocenters. The number of pyridine rings is 1. The minimum Gasteiger partial charge on any atom is -0.497 e. The maximum atomic E-state index is 13.3. The Morgan fingerprint density at radius 1 is 1.06 bits per heavy atom. The van der Waals surface area contributed by atoms with Gasteiger partial charge in [-0.05, 0) is 61.7 Å². The summed E-state index contributed by atoms with van der Waals surface area (Å²) >= 11 is 0. The third kappa shape index (κ3) is 5.47. The second kappa shape index (κ2) is 9.56. The Bertz CT molecular complexity index is 1130. The number of fused-ring (bicyclic) bond motifs is 1. The molecule has 0 saturated carbocycles. The average Bonchev–Trinajstić information content (AvgIpc) is 2.82. The highest BCUT2D eigenvalue weighted by molar-refractivity contribution is 5.93. The van der Waals surface area contributed by atoms with Gasteiger partial charge in [-0.2, -0.15) is 13.2 Å². The summed E-state index contributed by atoms with van der Waals surface area (Å²) in [5.74, 6) is -0.142. The number of nitrogens with zero attached hydrogens (tertiary/aromatic N) is 2. The van der Waals surface area contributed by atoms with Gasteiger partial charge in [-0.3, -0.25) is 4.79 Å². The zero-order valence-electron chi connectivity index (χ0n) is 18.1. The molecular weight excluding hydrogens is 435 g/mol. The lowest BCUT2D eigenvalue weighted by Gasteiger charge is -2.28. The summed E-state index contributed by atoms with van der Waals surface area (Å²) in [5.41, 5.74) is 0.681. The number of carbonyl (C=O) groups is 1. The molecule has 1 fully saturated rings. The molecule has 0 bridgehead atoms. The summed E-state index contributed by atoms with van der Waals surface area (Å²) in [4.78, 5) is 18.4. The van der Waals surface area contributed by atoms with Crippen molar-refractivity contribution in [3.63, 3.8) is 0 Å². The maximum Gasteiger partial charge on any atom is 0.433 e. The monoisotopic (exact) mass is 459 g/mol. The molecule has 1 saturated heterocycles. The topological polar surface area (TPSA) is 63.7 Å². The third-order valence-electron chi connectivity index (χ3n) is 5.50. The molecule has 1 N–H and O–H groups in total. The van der Waals surface area contributed by atoms with Crippen molar-refractivity contribution in [2.75, 3.05) is 37.0 Å². The molecular formula is C24H24F3N3O3. The number of ether oxygens (including phenoxy) is 2. The van der Waals surface area contributed by atoms with Crippen LogP contribution >= 0.6 is 0 Å². The molecule has 9 heteroatoms. The lowest BCUT2D eigenvalue weighted by molar-refractivity contribution is -0.141. The number of alkyl halides is 3. The van der Waals surface area contributed by atoms with Crippen molar-refractivity contribution in [3.8, 4) is 11.5 Å². The van der Waals surface area contributed by atoms with E-state index in [1.807, 2.05) is 12.1 Å². The van der Waals surface area contributed by atoms with Gasteiger partial charge in [-0.25, -0.2) is 4.98 Å². The number of methoxy groups -OCH3 is 1. The van der Waals surface area contributed by atoms with Crippen molar-refractivity contribution in [1.29, 1.82) is 0 Å². The fourth-order valence-corrected chi connectivity index (χ4v) is 3.81. The van der Waals surface area contributed by atoms with E-state index in [9.17, 15) is 18.0 Å². The minimum absolute atomic E-state index is 0.0920. The number of carbonyl (C=O) groups excluding carboxylic acids is 1. The second-order valence-electron chi connectivity index (χ2n) is 7.82. The quantitative estimate of drug-likeness (QED) is 0.544. The van der Waals surface area contributed by atoms with Crippen molar-refractivity contribution in [2.45, 2.75) is 25.4 Å². The largest absolute Gasteiger partial charge is 0.497 e. The van der Waals surface area contributed by atoms with E-state index >= 15 is 0 Å². The number of anilines is 2. The summed E-state index contributed by atoms with van der Waals surface area (Å²) < 4.78 is 50.4. The zero-order valence-corrected chi connectivity index (χ0v) is 18.1. The first-order valence-corrected chi connectivity index (χ1v) is 10.7. The molecule has 2 heterocycles. The molecule has 33 heavy (non-hydrogen) atoms. The molecule has 1 amide bonds. The van der Waals surface area contributed by atoms with Crippen LogP contribution in [0.15, 0.2) is 48.5 Å². The predicted molar refractivity (Wildman–Crippen MR) is 120 cm³/mol. The molecule has 0 aliphatic carbocycles. The summed E-state index contributed by atoms with van der Waals surface area (Å²) in [6.45, 7) is 1.58. The van der Waals surface area contributed by atoms with Crippen molar-refractivity contribution >= 4 is 28.2 Å². The SMILES string of the molecule is COc1ccc2nc(C(F)(F)F)cc(OCC(=O)Nc3ccc(N4CCCCC4)cc3)c2c1. The highest BCUT2D eigenvalue weighted by Crippen LogP contribution is 2.35. The van der Waals surface area contributed by atoms with Crippen molar-refractivity contribution in [3.05, 3.63) is 54.2 Å². The number of aromatic nitrogens is 1. The van der Waals surface area contributed by atoms with Crippen molar-refractivity contribution in [2.24, 2.45) is 0 Å². The van der Waals surface area contributed by atoms with E-state index in [1.54, 1.807) is 12.1 Å². The number of nitrogens with one attached hydrogen (secondary N) is 1. The van der Waals surface area contributed by atoms with Crippen LogP contribution in [0.5, 0.6) is 11.5 Å². The van der Waals surface area contributed by atoms with Crippen LogP contribution in [-0.4, -0.2) is 37.7 Å². The zero-order chi connectivity index (χ0) is 23.4. The number of halogens is 3. The van der Waals surface area contributed by atoms with Gasteiger partial charge in [0.25, 0.3) is 5.91 Å². The van der Waals surface area contributed by atoms with Crippen LogP contribution in [0.1, 0.15) is 25.0 Å². The Hall–Kier alpha value is -3.49. The Morgan fingerprint density at radius 2 is 1.79 bits per heavy atom. The van der Waals surface area contributed by atoms with Gasteiger partial charge in [0, 0.05) is 35.9 Å². The number of hydrogen-bond donors (Lipinski definition) is 1. The van der Waals surface area contributed by atoms with E-state index < -0.39 is 24.4 Å². The smallest absolute Gasteiger partial charge is 0.433 e. The minimum atomic E-state index is -4.65. The highest BCUT2D eigenvalue weighted by Gasteiger charge is 2.33. The van der Waals surface area contributed by atoms with Crippen LogP contribution in [0.4, 0.5) is 24.5 Å². The van der Waals surface area contributed by atoms with Gasteiger partial charge in [0.2, 0.25) is 0 Å². The van der Waals surface area contributed by atoms with E-state index in [4.69, 9.17) is 9.47 Å². The normalized spacial score (nSPS) is 14.2. The van der Waals surface area contributed by atoms with Gasteiger partial charge in [-0.15, -0.1) is 0 Å². The number of piperidine rings is 1. The van der Waals surface area contributed by atoms with Gasteiger partial charge in [0.15, 0.2) is 6.61 Å². The third-order valence-corrected chi connectivity index (χ3v) is 5.50. The van der Waals surface area contributed by atoms with E-state index in [0.717, 1.165) is 24.8 Å². The predicted octanol–water partition coefficient (Wildman–Crippen LogP) is 5.27. The fraction of sp³-hybridized carbons (Fsp3) is 0.333. The van der Waals surface area contributed by atoms with Gasteiger partial charge in [0.05, 0.1) is 12.6 Å². The first-order valence-electron chi connectivity index (χ1n) is 10.7. The van der Waals surface area contributed by atoms with Crippen LogP contribution in [-0.2, 0) is 11.0 Å². The Labute approximate surface area is 189 Å². The summed E-state index contributed by atoms with van der Waals surface area (Å²) in [6, 6.07) is 12.7. The molecule has 0 spiro atoms. The molecule has 3 aromatic rings. The Morgan fingerprint density at radius 3 is 2.45 bits per heavy atom. The highest BCUT2D eigenvalue weighted by atomic mass is 19.4. The van der Waals surface area contributed by atoms with Crippen LogP contribution in [0, 0.1) is 0 Å². The first-order chi connectivity index (χ1) is 15.8. The second-order valence-corrected chi connectivity index (χ2v) is 7.82. The molecule has 1 aromatic heterocycles.